The van der Waals surface area contributed by atoms with Crippen LogP contribution in [0.5, 0.6) is 11.5 Å². The molecule has 1 aromatic carbocycles. The lowest BCUT2D eigenvalue weighted by Gasteiger charge is -2.31. The molecule has 1 fully saturated rings. The molecule has 0 radical (unpaired) electrons. The molecule has 1 saturated carbocycles. The largest absolute Gasteiger partial charge is 0.448 e. The fourth-order valence-corrected chi connectivity index (χ4v) is 3.97. The van der Waals surface area contributed by atoms with Crippen molar-refractivity contribution in [1.29, 1.82) is 0 Å². The Morgan fingerprint density at radius 2 is 1.88 bits per heavy atom. The highest BCUT2D eigenvalue weighted by atomic mass is 32.1. The second-order valence-corrected chi connectivity index (χ2v) is 7.49. The van der Waals surface area contributed by atoms with Crippen molar-refractivity contribution in [1.82, 2.24) is 5.32 Å². The third kappa shape index (κ3) is 3.53. The van der Waals surface area contributed by atoms with E-state index >= 15 is 0 Å². The predicted molar refractivity (Wildman–Crippen MR) is 98.8 cm³/mol. The van der Waals surface area contributed by atoms with Crippen LogP contribution >= 0.6 is 11.3 Å². The summed E-state index contributed by atoms with van der Waals surface area (Å²) < 4.78 is 12.1. The molecule has 2 heterocycles. The number of nitrogens with one attached hydrogen (secondary N) is 2. The van der Waals surface area contributed by atoms with Crippen molar-refractivity contribution < 1.29 is 19.1 Å². The van der Waals surface area contributed by atoms with Gasteiger partial charge in [-0.1, -0.05) is 12.5 Å². The number of anilines is 1. The van der Waals surface area contributed by atoms with Gasteiger partial charge in [-0.2, -0.15) is 0 Å². The minimum Gasteiger partial charge on any atom is -0.448 e. The van der Waals surface area contributed by atoms with Crippen molar-refractivity contribution in [3.05, 3.63) is 40.6 Å². The molecule has 2 aromatic rings. The third-order valence-corrected chi connectivity index (χ3v) is 5.46. The summed E-state index contributed by atoms with van der Waals surface area (Å²) in [6, 6.07) is 8.89. The molecule has 0 bridgehead atoms. The number of carbonyl (C=O) groups excluding carboxylic acids is 2. The summed E-state index contributed by atoms with van der Waals surface area (Å²) >= 11 is 1.34. The van der Waals surface area contributed by atoms with E-state index in [-0.39, 0.29) is 18.4 Å². The molecule has 7 heteroatoms. The fourth-order valence-electron chi connectivity index (χ4n) is 3.33. The lowest BCUT2D eigenvalue weighted by atomic mass is 9.94. The molecule has 1 spiro atoms. The van der Waals surface area contributed by atoms with Crippen LogP contribution in [0.15, 0.2) is 35.7 Å². The molecule has 2 amide bonds. The molecule has 26 heavy (non-hydrogen) atoms. The number of thiophene rings is 1. The van der Waals surface area contributed by atoms with E-state index in [0.717, 1.165) is 31.4 Å². The second kappa shape index (κ2) is 6.99. The van der Waals surface area contributed by atoms with E-state index in [4.69, 9.17) is 9.47 Å². The van der Waals surface area contributed by atoms with Gasteiger partial charge >= 0.3 is 0 Å². The maximum Gasteiger partial charge on any atom is 0.261 e. The number of hydrogen-bond donors (Lipinski definition) is 2. The van der Waals surface area contributed by atoms with Gasteiger partial charge in [-0.3, -0.25) is 9.59 Å². The Labute approximate surface area is 155 Å². The van der Waals surface area contributed by atoms with Crippen LogP contribution in [0, 0.1) is 0 Å². The van der Waals surface area contributed by atoms with Crippen LogP contribution in [-0.4, -0.2) is 24.1 Å². The molecule has 136 valence electrons. The first-order valence-corrected chi connectivity index (χ1v) is 9.65. The van der Waals surface area contributed by atoms with Gasteiger partial charge in [-0.25, -0.2) is 0 Å². The molecular formula is C19H20N2O4S. The molecule has 0 atom stereocenters. The first kappa shape index (κ1) is 16.9. The Morgan fingerprint density at radius 1 is 1.08 bits per heavy atom. The van der Waals surface area contributed by atoms with Gasteiger partial charge in [0.2, 0.25) is 5.91 Å². The molecule has 1 aliphatic carbocycles. The van der Waals surface area contributed by atoms with Crippen LogP contribution in [0.2, 0.25) is 0 Å². The van der Waals surface area contributed by atoms with Gasteiger partial charge in [0.15, 0.2) is 11.5 Å². The SMILES string of the molecule is O=C(CNC(=O)c1cccs1)Nc1ccc2c(c1)OC1(CCCCC1)O2. The zero-order valence-corrected chi connectivity index (χ0v) is 15.1. The van der Waals surface area contributed by atoms with Crippen LogP contribution in [0.25, 0.3) is 0 Å². The van der Waals surface area contributed by atoms with Crippen molar-refractivity contribution in [3.63, 3.8) is 0 Å². The summed E-state index contributed by atoms with van der Waals surface area (Å²) in [4.78, 5) is 24.5. The van der Waals surface area contributed by atoms with E-state index in [0.29, 0.717) is 16.3 Å². The molecule has 4 rings (SSSR count). The summed E-state index contributed by atoms with van der Waals surface area (Å²) in [5.74, 6) is 0.308. The molecule has 0 unspecified atom stereocenters. The number of carbonyl (C=O) groups is 2. The standard InChI is InChI=1S/C19H20N2O4S/c22-17(12-20-18(23)16-5-4-10-26-16)21-13-6-7-14-15(11-13)25-19(24-14)8-2-1-3-9-19/h4-7,10-11H,1-3,8-9,12H2,(H,20,23)(H,21,22). The third-order valence-electron chi connectivity index (χ3n) is 4.59. The minimum absolute atomic E-state index is 0.0882. The highest BCUT2D eigenvalue weighted by Crippen LogP contribution is 2.46. The summed E-state index contributed by atoms with van der Waals surface area (Å²) in [6.45, 7) is -0.0882. The van der Waals surface area contributed by atoms with E-state index in [1.165, 1.54) is 17.8 Å². The van der Waals surface area contributed by atoms with E-state index in [1.807, 2.05) is 11.4 Å². The van der Waals surface area contributed by atoms with Crippen molar-refractivity contribution in [2.75, 3.05) is 11.9 Å². The minimum atomic E-state index is -0.530. The molecule has 1 aromatic heterocycles. The van der Waals surface area contributed by atoms with Gasteiger partial charge in [0.1, 0.15) is 0 Å². The molecule has 0 saturated heterocycles. The second-order valence-electron chi connectivity index (χ2n) is 6.55. The van der Waals surface area contributed by atoms with Crippen LogP contribution in [0.1, 0.15) is 41.8 Å². The van der Waals surface area contributed by atoms with Crippen molar-refractivity contribution >= 4 is 28.8 Å². The number of ether oxygens (including phenoxy) is 2. The Hall–Kier alpha value is -2.54. The topological polar surface area (TPSA) is 76.7 Å². The smallest absolute Gasteiger partial charge is 0.261 e. The van der Waals surface area contributed by atoms with E-state index in [1.54, 1.807) is 24.3 Å². The van der Waals surface area contributed by atoms with E-state index < -0.39 is 5.79 Å². The summed E-state index contributed by atoms with van der Waals surface area (Å²) in [5.41, 5.74) is 0.621. The Kier molecular flexibility index (Phi) is 4.55. The number of hydrogen-bond acceptors (Lipinski definition) is 5. The van der Waals surface area contributed by atoms with Crippen LogP contribution in [-0.2, 0) is 4.79 Å². The monoisotopic (exact) mass is 372 g/mol. The van der Waals surface area contributed by atoms with E-state index in [2.05, 4.69) is 10.6 Å². The molecule has 1 aliphatic heterocycles. The molecular weight excluding hydrogens is 352 g/mol. The Balaban J connectivity index is 1.34. The maximum atomic E-state index is 12.1. The summed E-state index contributed by atoms with van der Waals surface area (Å²) in [7, 11) is 0. The highest BCUT2D eigenvalue weighted by molar-refractivity contribution is 7.12. The van der Waals surface area contributed by atoms with Crippen molar-refractivity contribution in [2.45, 2.75) is 37.9 Å². The normalized spacial score (nSPS) is 17.1. The number of fused-ring (bicyclic) bond motifs is 1. The van der Waals surface area contributed by atoms with Gasteiger partial charge in [-0.05, 0) is 36.4 Å². The number of benzene rings is 1. The van der Waals surface area contributed by atoms with Gasteiger partial charge in [0.25, 0.3) is 11.7 Å². The Bertz CT molecular complexity index is 813. The Morgan fingerprint density at radius 3 is 2.65 bits per heavy atom. The maximum absolute atomic E-state index is 12.1. The lowest BCUT2D eigenvalue weighted by molar-refractivity contribution is -0.115. The number of rotatable bonds is 4. The van der Waals surface area contributed by atoms with Gasteiger partial charge in [-0.15, -0.1) is 11.3 Å². The lowest BCUT2D eigenvalue weighted by Crippen LogP contribution is -2.40. The molecule has 6 nitrogen and oxygen atoms in total. The average Bonchev–Trinajstić information content (AvgIpc) is 3.28. The van der Waals surface area contributed by atoms with Gasteiger partial charge in [0.05, 0.1) is 11.4 Å². The summed E-state index contributed by atoms with van der Waals surface area (Å²) in [5, 5.41) is 7.21. The molecule has 2 N–H and O–H groups in total. The predicted octanol–water partition coefficient (Wildman–Crippen LogP) is 3.55. The van der Waals surface area contributed by atoms with Crippen LogP contribution in [0.4, 0.5) is 5.69 Å². The average molecular weight is 372 g/mol. The van der Waals surface area contributed by atoms with Gasteiger partial charge < -0.3 is 20.1 Å². The zero-order chi connectivity index (χ0) is 18.0. The highest BCUT2D eigenvalue weighted by Gasteiger charge is 2.42. The zero-order valence-electron chi connectivity index (χ0n) is 14.2. The molecule has 2 aliphatic rings. The van der Waals surface area contributed by atoms with Crippen LogP contribution < -0.4 is 20.1 Å². The van der Waals surface area contributed by atoms with E-state index in [9.17, 15) is 9.59 Å². The first-order chi connectivity index (χ1) is 12.6. The van der Waals surface area contributed by atoms with Gasteiger partial charge in [0, 0.05) is 24.6 Å². The van der Waals surface area contributed by atoms with Crippen LogP contribution in [0.3, 0.4) is 0 Å². The van der Waals surface area contributed by atoms with Crippen molar-refractivity contribution in [2.24, 2.45) is 0 Å². The number of amides is 2. The van der Waals surface area contributed by atoms with Crippen molar-refractivity contribution in [3.8, 4) is 11.5 Å². The summed E-state index contributed by atoms with van der Waals surface area (Å²) in [6.07, 6.45) is 5.18. The first-order valence-electron chi connectivity index (χ1n) is 8.77. The fraction of sp³-hybridized carbons (Fsp3) is 0.368. The quantitative estimate of drug-likeness (QED) is 0.861.